The third kappa shape index (κ3) is 4.99. The number of hydrogen-bond acceptors (Lipinski definition) is 5. The highest BCUT2D eigenvalue weighted by atomic mass is 32.2. The van der Waals surface area contributed by atoms with E-state index in [-0.39, 0.29) is 11.7 Å². The van der Waals surface area contributed by atoms with E-state index in [9.17, 15) is 4.79 Å². The molecule has 0 radical (unpaired) electrons. The molecule has 0 aliphatic heterocycles. The highest BCUT2D eigenvalue weighted by Gasteiger charge is 2.09. The molecule has 1 aromatic carbocycles. The van der Waals surface area contributed by atoms with Crippen LogP contribution in [0.4, 0.5) is 0 Å². The summed E-state index contributed by atoms with van der Waals surface area (Å²) >= 11 is 1.28. The summed E-state index contributed by atoms with van der Waals surface area (Å²) in [5.41, 5.74) is 2.55. The predicted octanol–water partition coefficient (Wildman–Crippen LogP) is 1.87. The van der Waals surface area contributed by atoms with Gasteiger partial charge in [-0.25, -0.2) is 4.68 Å². The first-order chi connectivity index (χ1) is 11.0. The van der Waals surface area contributed by atoms with Crippen molar-refractivity contribution in [1.29, 1.82) is 0 Å². The summed E-state index contributed by atoms with van der Waals surface area (Å²) in [6, 6.07) is 8.54. The Kier molecular flexibility index (Phi) is 6.04. The van der Waals surface area contributed by atoms with E-state index in [0.717, 1.165) is 6.42 Å². The van der Waals surface area contributed by atoms with Gasteiger partial charge in [0.25, 0.3) is 0 Å². The van der Waals surface area contributed by atoms with Crippen LogP contribution < -0.4 is 11.2 Å². The summed E-state index contributed by atoms with van der Waals surface area (Å²) < 4.78 is 1.38. The van der Waals surface area contributed by atoms with E-state index in [0.29, 0.717) is 23.4 Å². The van der Waals surface area contributed by atoms with Crippen LogP contribution in [0.15, 0.2) is 29.4 Å². The first kappa shape index (κ1) is 17.3. The molecule has 0 atom stereocenters. The Labute approximate surface area is 140 Å². The number of hydrogen-bond donors (Lipinski definition) is 2. The first-order valence-electron chi connectivity index (χ1n) is 7.62. The van der Waals surface area contributed by atoms with Crippen molar-refractivity contribution in [3.05, 3.63) is 41.2 Å². The zero-order valence-electron chi connectivity index (χ0n) is 13.7. The van der Waals surface area contributed by atoms with Gasteiger partial charge in [-0.3, -0.25) is 4.79 Å². The molecule has 2 aromatic rings. The smallest absolute Gasteiger partial charge is 0.230 e. The number of nitrogens with two attached hydrogens (primary N) is 1. The zero-order chi connectivity index (χ0) is 16.8. The third-order valence-corrected chi connectivity index (χ3v) is 4.49. The molecule has 0 unspecified atom stereocenters. The van der Waals surface area contributed by atoms with E-state index in [1.165, 1.54) is 27.6 Å². The Bertz CT molecular complexity index is 651. The Balaban J connectivity index is 1.71. The monoisotopic (exact) mass is 333 g/mol. The van der Waals surface area contributed by atoms with Gasteiger partial charge in [-0.1, -0.05) is 49.9 Å². The van der Waals surface area contributed by atoms with Crippen molar-refractivity contribution < 1.29 is 4.79 Å². The molecule has 0 saturated carbocycles. The van der Waals surface area contributed by atoms with Crippen molar-refractivity contribution in [1.82, 2.24) is 20.2 Å². The largest absolute Gasteiger partial charge is 0.355 e. The van der Waals surface area contributed by atoms with Gasteiger partial charge in [0.05, 0.1) is 5.75 Å². The van der Waals surface area contributed by atoms with Gasteiger partial charge in [-0.15, -0.1) is 10.2 Å². The van der Waals surface area contributed by atoms with Crippen LogP contribution >= 0.6 is 11.8 Å². The average Bonchev–Trinajstić information content (AvgIpc) is 2.85. The molecule has 0 bridgehead atoms. The van der Waals surface area contributed by atoms with Crippen molar-refractivity contribution in [2.75, 3.05) is 18.1 Å². The lowest BCUT2D eigenvalue weighted by atomic mass is 10.0. The zero-order valence-corrected chi connectivity index (χ0v) is 14.6. The Morgan fingerprint density at radius 3 is 2.57 bits per heavy atom. The summed E-state index contributed by atoms with van der Waals surface area (Å²) in [5.74, 6) is 7.14. The quantitative estimate of drug-likeness (QED) is 0.597. The molecule has 23 heavy (non-hydrogen) atoms. The fraction of sp³-hybridized carbons (Fsp3) is 0.438. The van der Waals surface area contributed by atoms with Gasteiger partial charge in [-0.2, -0.15) is 0 Å². The predicted molar refractivity (Wildman–Crippen MR) is 92.9 cm³/mol. The number of carbonyl (C=O) groups is 1. The van der Waals surface area contributed by atoms with Crippen molar-refractivity contribution >= 4 is 17.7 Å². The van der Waals surface area contributed by atoms with Crippen molar-refractivity contribution in [3.8, 4) is 0 Å². The van der Waals surface area contributed by atoms with Gasteiger partial charge in [-0.05, 0) is 30.4 Å². The van der Waals surface area contributed by atoms with E-state index in [1.54, 1.807) is 6.92 Å². The van der Waals surface area contributed by atoms with Crippen LogP contribution in [-0.4, -0.2) is 33.1 Å². The summed E-state index contributed by atoms with van der Waals surface area (Å²) in [6.45, 7) is 6.74. The molecule has 1 heterocycles. The number of amides is 1. The van der Waals surface area contributed by atoms with Gasteiger partial charge >= 0.3 is 0 Å². The third-order valence-electron chi connectivity index (χ3n) is 3.55. The molecule has 7 heteroatoms. The molecule has 2 rings (SSSR count). The number of carbonyl (C=O) groups excluding carboxylic acids is 1. The summed E-state index contributed by atoms with van der Waals surface area (Å²) in [6.07, 6.45) is 0.820. The lowest BCUT2D eigenvalue weighted by Gasteiger charge is -2.08. The molecule has 1 aromatic heterocycles. The van der Waals surface area contributed by atoms with Crippen LogP contribution in [0.5, 0.6) is 0 Å². The first-order valence-corrected chi connectivity index (χ1v) is 8.61. The molecule has 0 fully saturated rings. The molecular weight excluding hydrogens is 310 g/mol. The highest BCUT2D eigenvalue weighted by Crippen LogP contribution is 2.15. The average molecular weight is 333 g/mol. The minimum absolute atomic E-state index is 0.0329. The second kappa shape index (κ2) is 8.01. The number of nitrogen functional groups attached to an aromatic ring is 1. The molecular formula is C16H23N5OS. The Hall–Kier alpha value is -2.02. The Morgan fingerprint density at radius 2 is 2.00 bits per heavy atom. The number of aryl methyl sites for hydroxylation is 1. The molecule has 0 aliphatic rings. The highest BCUT2D eigenvalue weighted by molar-refractivity contribution is 7.99. The van der Waals surface area contributed by atoms with Gasteiger partial charge in [0, 0.05) is 6.54 Å². The van der Waals surface area contributed by atoms with Crippen molar-refractivity contribution in [3.63, 3.8) is 0 Å². The van der Waals surface area contributed by atoms with Crippen LogP contribution in [0.2, 0.25) is 0 Å². The molecule has 124 valence electrons. The number of thioether (sulfide) groups is 1. The molecule has 0 saturated heterocycles. The van der Waals surface area contributed by atoms with Gasteiger partial charge in [0.15, 0.2) is 0 Å². The van der Waals surface area contributed by atoms with E-state index >= 15 is 0 Å². The number of benzene rings is 1. The fourth-order valence-corrected chi connectivity index (χ4v) is 2.78. The molecule has 1 amide bonds. The fourth-order valence-electron chi connectivity index (χ4n) is 2.04. The minimum Gasteiger partial charge on any atom is -0.355 e. The van der Waals surface area contributed by atoms with E-state index in [4.69, 9.17) is 5.84 Å². The van der Waals surface area contributed by atoms with Gasteiger partial charge in [0.1, 0.15) is 5.82 Å². The molecule has 0 aliphatic carbocycles. The number of aromatic nitrogens is 3. The summed E-state index contributed by atoms with van der Waals surface area (Å²) in [5, 5.41) is 11.2. The van der Waals surface area contributed by atoms with Crippen LogP contribution in [0.3, 0.4) is 0 Å². The second-order valence-corrected chi connectivity index (χ2v) is 6.63. The van der Waals surface area contributed by atoms with Crippen LogP contribution in [0.1, 0.15) is 36.7 Å². The van der Waals surface area contributed by atoms with Crippen LogP contribution in [0.25, 0.3) is 0 Å². The maximum atomic E-state index is 11.8. The molecule has 0 spiro atoms. The second-order valence-electron chi connectivity index (χ2n) is 5.68. The van der Waals surface area contributed by atoms with E-state index in [1.807, 2.05) is 0 Å². The number of nitrogens with one attached hydrogen (secondary N) is 1. The minimum atomic E-state index is -0.0329. The lowest BCUT2D eigenvalue weighted by molar-refractivity contribution is -0.118. The van der Waals surface area contributed by atoms with Crippen molar-refractivity contribution in [2.24, 2.45) is 0 Å². The summed E-state index contributed by atoms with van der Waals surface area (Å²) in [7, 11) is 0. The standard InChI is InChI=1S/C16H23N5OS/c1-11(2)14-6-4-13(5-7-14)8-9-18-15(22)10-23-16-20-19-12(3)21(16)17/h4-7,11H,8-10,17H2,1-3H3,(H,18,22). The van der Waals surface area contributed by atoms with Crippen LogP contribution in [0, 0.1) is 6.92 Å². The Morgan fingerprint density at radius 1 is 1.30 bits per heavy atom. The SMILES string of the molecule is Cc1nnc(SCC(=O)NCCc2ccc(C(C)C)cc2)n1N. The van der Waals surface area contributed by atoms with Gasteiger partial charge in [0.2, 0.25) is 11.1 Å². The number of rotatable bonds is 7. The maximum Gasteiger partial charge on any atom is 0.230 e. The molecule has 3 N–H and O–H groups in total. The topological polar surface area (TPSA) is 85.8 Å². The van der Waals surface area contributed by atoms with Crippen molar-refractivity contribution in [2.45, 2.75) is 38.3 Å². The van der Waals surface area contributed by atoms with Crippen LogP contribution in [-0.2, 0) is 11.2 Å². The van der Waals surface area contributed by atoms with E-state index < -0.39 is 0 Å². The lowest BCUT2D eigenvalue weighted by Crippen LogP contribution is -2.27. The van der Waals surface area contributed by atoms with Gasteiger partial charge < -0.3 is 11.2 Å². The van der Waals surface area contributed by atoms with E-state index in [2.05, 4.69) is 53.6 Å². The normalized spacial score (nSPS) is 11.0. The number of nitrogens with zero attached hydrogens (tertiary/aromatic N) is 3. The summed E-state index contributed by atoms with van der Waals surface area (Å²) in [4.78, 5) is 11.8. The molecule has 6 nitrogen and oxygen atoms in total. The maximum absolute atomic E-state index is 11.8.